The smallest absolute Gasteiger partial charge is 0.268 e. The van der Waals surface area contributed by atoms with E-state index >= 15 is 0 Å². The molecule has 0 aliphatic heterocycles. The van der Waals surface area contributed by atoms with Gasteiger partial charge in [-0.25, -0.2) is 12.7 Å². The van der Waals surface area contributed by atoms with Crippen LogP contribution in [0.3, 0.4) is 0 Å². The molecule has 0 atom stereocenters. The Labute approximate surface area is 150 Å². The maximum absolute atomic E-state index is 12.3. The van der Waals surface area contributed by atoms with E-state index in [2.05, 4.69) is 10.3 Å². The number of benzene rings is 1. The van der Waals surface area contributed by atoms with Crippen LogP contribution in [-0.2, 0) is 16.6 Å². The molecular weight excluding hydrogens is 358 g/mol. The first-order valence-corrected chi connectivity index (χ1v) is 9.92. The fourth-order valence-corrected chi connectivity index (χ4v) is 4.86. The van der Waals surface area contributed by atoms with Gasteiger partial charge in [0.15, 0.2) is 0 Å². The molecule has 0 fully saturated rings. The second-order valence-corrected chi connectivity index (χ2v) is 9.51. The Hall–Kier alpha value is -2.16. The lowest BCUT2D eigenvalue weighted by Crippen LogP contribution is -2.22. The van der Waals surface area contributed by atoms with Crippen molar-refractivity contribution >= 4 is 38.2 Å². The Morgan fingerprint density at radius 2 is 1.96 bits per heavy atom. The van der Waals surface area contributed by atoms with Crippen LogP contribution in [0.5, 0.6) is 0 Å². The van der Waals surface area contributed by atoms with Crippen molar-refractivity contribution in [2.75, 3.05) is 14.1 Å². The van der Waals surface area contributed by atoms with Gasteiger partial charge in [0.05, 0.1) is 6.54 Å². The number of hydrogen-bond acceptors (Lipinski definition) is 4. The summed E-state index contributed by atoms with van der Waals surface area (Å²) in [7, 11) is -0.447. The Morgan fingerprint density at radius 3 is 2.68 bits per heavy atom. The zero-order chi connectivity index (χ0) is 18.2. The maximum Gasteiger partial charge on any atom is 0.268 e. The minimum absolute atomic E-state index is 0.223. The molecule has 1 aromatic carbocycles. The van der Waals surface area contributed by atoms with Crippen molar-refractivity contribution in [1.82, 2.24) is 14.6 Å². The van der Waals surface area contributed by atoms with Gasteiger partial charge < -0.3 is 10.3 Å². The van der Waals surface area contributed by atoms with E-state index in [9.17, 15) is 13.2 Å². The number of aromatic amines is 1. The third-order valence-corrected chi connectivity index (χ3v) is 7.19. The number of carbonyl (C=O) groups excluding carboxylic acids is 1. The van der Waals surface area contributed by atoms with E-state index in [-0.39, 0.29) is 16.7 Å². The molecule has 0 aliphatic carbocycles. The van der Waals surface area contributed by atoms with Gasteiger partial charge in [-0.3, -0.25) is 4.79 Å². The lowest BCUT2D eigenvalue weighted by Gasteiger charge is -2.08. The van der Waals surface area contributed by atoms with Crippen LogP contribution in [0.15, 0.2) is 40.6 Å². The van der Waals surface area contributed by atoms with E-state index in [1.807, 2.05) is 25.1 Å². The third kappa shape index (κ3) is 3.60. The van der Waals surface area contributed by atoms with Crippen LogP contribution in [0.2, 0.25) is 0 Å². The normalized spacial score (nSPS) is 12.0. The van der Waals surface area contributed by atoms with Gasteiger partial charge in [-0.1, -0.05) is 12.1 Å². The summed E-state index contributed by atoms with van der Waals surface area (Å²) in [5.41, 5.74) is 2.52. The summed E-state index contributed by atoms with van der Waals surface area (Å²) in [6.07, 6.45) is 0. The standard InChI is InChI=1S/C17H19N3O3S2/c1-11-4-5-12-9-15(19-14(12)8-11)17(21)18-10-13-6-7-16(24-13)25(22,23)20(2)3/h4-9,19H,10H2,1-3H3,(H,18,21). The van der Waals surface area contributed by atoms with E-state index < -0.39 is 10.0 Å². The third-order valence-electron chi connectivity index (χ3n) is 3.82. The quantitative estimate of drug-likeness (QED) is 0.717. The number of sulfonamides is 1. The highest BCUT2D eigenvalue weighted by molar-refractivity contribution is 7.91. The number of nitrogens with one attached hydrogen (secondary N) is 2. The van der Waals surface area contributed by atoms with E-state index in [0.717, 1.165) is 32.7 Å². The summed E-state index contributed by atoms with van der Waals surface area (Å²) < 4.78 is 25.6. The number of aromatic nitrogens is 1. The van der Waals surface area contributed by atoms with Crippen LogP contribution < -0.4 is 5.32 Å². The minimum Gasteiger partial charge on any atom is -0.351 e. The summed E-state index contributed by atoms with van der Waals surface area (Å²) >= 11 is 1.16. The molecule has 6 nitrogen and oxygen atoms in total. The fourth-order valence-electron chi connectivity index (χ4n) is 2.40. The first kappa shape index (κ1) is 17.7. The van der Waals surface area contributed by atoms with Crippen LogP contribution in [0.25, 0.3) is 10.9 Å². The van der Waals surface area contributed by atoms with Crippen molar-refractivity contribution in [3.63, 3.8) is 0 Å². The topological polar surface area (TPSA) is 82.3 Å². The summed E-state index contributed by atoms with van der Waals surface area (Å²) in [4.78, 5) is 16.2. The number of hydrogen-bond donors (Lipinski definition) is 2. The fraction of sp³-hybridized carbons (Fsp3) is 0.235. The van der Waals surface area contributed by atoms with Crippen LogP contribution >= 0.6 is 11.3 Å². The van der Waals surface area contributed by atoms with E-state index in [1.54, 1.807) is 18.2 Å². The SMILES string of the molecule is Cc1ccc2cc(C(=O)NCc3ccc(S(=O)(=O)N(C)C)s3)[nH]c2c1. The molecule has 3 aromatic rings. The monoisotopic (exact) mass is 377 g/mol. The molecule has 0 saturated carbocycles. The number of fused-ring (bicyclic) bond motifs is 1. The van der Waals surface area contributed by atoms with Crippen LogP contribution in [-0.4, -0.2) is 37.7 Å². The van der Waals surface area contributed by atoms with Crippen molar-refractivity contribution in [3.05, 3.63) is 52.5 Å². The first-order valence-electron chi connectivity index (χ1n) is 7.66. The summed E-state index contributed by atoms with van der Waals surface area (Å²) in [6, 6.07) is 11.0. The van der Waals surface area contributed by atoms with Crippen molar-refractivity contribution in [2.24, 2.45) is 0 Å². The van der Waals surface area contributed by atoms with E-state index in [0.29, 0.717) is 5.69 Å². The average Bonchev–Trinajstić information content (AvgIpc) is 3.19. The molecule has 0 spiro atoms. The number of nitrogens with zero attached hydrogens (tertiary/aromatic N) is 1. The highest BCUT2D eigenvalue weighted by Gasteiger charge is 2.19. The molecule has 2 N–H and O–H groups in total. The van der Waals surface area contributed by atoms with Gasteiger partial charge in [0.2, 0.25) is 0 Å². The predicted octanol–water partition coefficient (Wildman–Crippen LogP) is 2.72. The minimum atomic E-state index is -3.44. The zero-order valence-electron chi connectivity index (χ0n) is 14.2. The largest absolute Gasteiger partial charge is 0.351 e. The molecule has 0 unspecified atom stereocenters. The maximum atomic E-state index is 12.3. The Balaban J connectivity index is 1.71. The average molecular weight is 377 g/mol. The first-order chi connectivity index (χ1) is 11.8. The van der Waals surface area contributed by atoms with Gasteiger partial charge in [-0.15, -0.1) is 11.3 Å². The number of amides is 1. The molecule has 0 bridgehead atoms. The van der Waals surface area contributed by atoms with Crippen LogP contribution in [0.4, 0.5) is 0 Å². The molecule has 0 radical (unpaired) electrons. The van der Waals surface area contributed by atoms with Crippen molar-refractivity contribution < 1.29 is 13.2 Å². The number of rotatable bonds is 5. The lowest BCUT2D eigenvalue weighted by atomic mass is 10.2. The number of thiophene rings is 1. The number of carbonyl (C=O) groups is 1. The van der Waals surface area contributed by atoms with Crippen molar-refractivity contribution in [3.8, 4) is 0 Å². The van der Waals surface area contributed by atoms with Gasteiger partial charge in [0, 0.05) is 29.9 Å². The van der Waals surface area contributed by atoms with Crippen molar-refractivity contribution in [1.29, 1.82) is 0 Å². The molecule has 1 amide bonds. The number of aryl methyl sites for hydroxylation is 1. The summed E-state index contributed by atoms with van der Waals surface area (Å²) in [5, 5.41) is 3.79. The predicted molar refractivity (Wildman–Crippen MR) is 99.4 cm³/mol. The molecule has 0 aliphatic rings. The highest BCUT2D eigenvalue weighted by atomic mass is 32.2. The van der Waals surface area contributed by atoms with Crippen LogP contribution in [0.1, 0.15) is 20.9 Å². The number of H-pyrrole nitrogens is 1. The molecule has 8 heteroatoms. The summed E-state index contributed by atoms with van der Waals surface area (Å²) in [5.74, 6) is -0.223. The van der Waals surface area contributed by atoms with E-state index in [1.165, 1.54) is 18.4 Å². The van der Waals surface area contributed by atoms with Gasteiger partial charge in [-0.05, 0) is 36.8 Å². The second kappa shape index (κ2) is 6.62. The Morgan fingerprint density at radius 1 is 1.20 bits per heavy atom. The second-order valence-electron chi connectivity index (χ2n) is 5.96. The van der Waals surface area contributed by atoms with E-state index in [4.69, 9.17) is 0 Å². The van der Waals surface area contributed by atoms with Gasteiger partial charge in [0.1, 0.15) is 9.90 Å². The molecule has 25 heavy (non-hydrogen) atoms. The van der Waals surface area contributed by atoms with Gasteiger partial charge in [-0.2, -0.15) is 0 Å². The molecule has 132 valence electrons. The molecule has 2 aromatic heterocycles. The Kier molecular flexibility index (Phi) is 4.68. The van der Waals surface area contributed by atoms with Crippen molar-refractivity contribution in [2.45, 2.75) is 17.7 Å². The lowest BCUT2D eigenvalue weighted by molar-refractivity contribution is 0.0947. The molecule has 2 heterocycles. The Bertz CT molecular complexity index is 1030. The summed E-state index contributed by atoms with van der Waals surface area (Å²) in [6.45, 7) is 2.27. The molecule has 0 saturated heterocycles. The zero-order valence-corrected chi connectivity index (χ0v) is 15.8. The molecule has 3 rings (SSSR count). The van der Waals surface area contributed by atoms with Gasteiger partial charge >= 0.3 is 0 Å². The van der Waals surface area contributed by atoms with Crippen LogP contribution in [0, 0.1) is 6.92 Å². The highest BCUT2D eigenvalue weighted by Crippen LogP contribution is 2.24. The van der Waals surface area contributed by atoms with Gasteiger partial charge in [0.25, 0.3) is 15.9 Å². The molecular formula is C17H19N3O3S2.